The third kappa shape index (κ3) is 2.87. The SMILES string of the molecule is CCc1cnc(CN2CCNC(C3CC3)C2)s1. The zero-order valence-corrected chi connectivity index (χ0v) is 11.3. The Balaban J connectivity index is 1.56. The van der Waals surface area contributed by atoms with Gasteiger partial charge in [0.15, 0.2) is 0 Å². The van der Waals surface area contributed by atoms with E-state index in [9.17, 15) is 0 Å². The zero-order chi connectivity index (χ0) is 11.7. The summed E-state index contributed by atoms with van der Waals surface area (Å²) >= 11 is 1.88. The first kappa shape index (κ1) is 11.6. The fourth-order valence-electron chi connectivity index (χ4n) is 2.58. The molecule has 0 radical (unpaired) electrons. The number of hydrogen-bond acceptors (Lipinski definition) is 4. The number of rotatable bonds is 4. The van der Waals surface area contributed by atoms with E-state index >= 15 is 0 Å². The number of aromatic nitrogens is 1. The lowest BCUT2D eigenvalue weighted by Gasteiger charge is -2.33. The molecule has 2 aliphatic rings. The van der Waals surface area contributed by atoms with Gasteiger partial charge < -0.3 is 5.32 Å². The fourth-order valence-corrected chi connectivity index (χ4v) is 3.48. The Morgan fingerprint density at radius 1 is 1.53 bits per heavy atom. The second kappa shape index (κ2) is 5.04. The molecule has 2 fully saturated rings. The topological polar surface area (TPSA) is 28.2 Å². The van der Waals surface area contributed by atoms with E-state index < -0.39 is 0 Å². The highest BCUT2D eigenvalue weighted by Gasteiger charge is 2.33. The summed E-state index contributed by atoms with van der Waals surface area (Å²) in [4.78, 5) is 8.50. The molecule has 0 bridgehead atoms. The van der Waals surface area contributed by atoms with Gasteiger partial charge in [-0.25, -0.2) is 4.98 Å². The molecule has 1 unspecified atom stereocenters. The van der Waals surface area contributed by atoms with Crippen molar-refractivity contribution in [3.05, 3.63) is 16.1 Å². The highest BCUT2D eigenvalue weighted by atomic mass is 32.1. The third-order valence-corrected chi connectivity index (χ3v) is 4.92. The average Bonchev–Trinajstić information content (AvgIpc) is 3.11. The molecule has 17 heavy (non-hydrogen) atoms. The van der Waals surface area contributed by atoms with E-state index in [1.807, 2.05) is 17.5 Å². The summed E-state index contributed by atoms with van der Waals surface area (Å²) in [7, 11) is 0. The molecule has 1 aliphatic heterocycles. The minimum Gasteiger partial charge on any atom is -0.311 e. The molecule has 1 saturated heterocycles. The summed E-state index contributed by atoms with van der Waals surface area (Å²) in [5.41, 5.74) is 0. The lowest BCUT2D eigenvalue weighted by molar-refractivity contribution is 0.181. The van der Waals surface area contributed by atoms with Crippen molar-refractivity contribution in [3.63, 3.8) is 0 Å². The fraction of sp³-hybridized carbons (Fsp3) is 0.769. The van der Waals surface area contributed by atoms with Crippen molar-refractivity contribution in [2.75, 3.05) is 19.6 Å². The molecule has 1 atom stereocenters. The monoisotopic (exact) mass is 251 g/mol. The quantitative estimate of drug-likeness (QED) is 0.886. The molecule has 0 spiro atoms. The van der Waals surface area contributed by atoms with Crippen LogP contribution in [0.4, 0.5) is 0 Å². The number of aryl methyl sites for hydroxylation is 1. The molecule has 1 aromatic heterocycles. The number of nitrogens with zero attached hydrogens (tertiary/aromatic N) is 2. The Morgan fingerprint density at radius 2 is 2.41 bits per heavy atom. The minimum absolute atomic E-state index is 0.745. The lowest BCUT2D eigenvalue weighted by atomic mass is 10.1. The van der Waals surface area contributed by atoms with E-state index in [0.717, 1.165) is 31.5 Å². The van der Waals surface area contributed by atoms with Gasteiger partial charge >= 0.3 is 0 Å². The van der Waals surface area contributed by atoms with Gasteiger partial charge in [-0.2, -0.15) is 0 Å². The van der Waals surface area contributed by atoms with Crippen LogP contribution >= 0.6 is 11.3 Å². The minimum atomic E-state index is 0.745. The van der Waals surface area contributed by atoms with Crippen LogP contribution in [0.1, 0.15) is 29.7 Å². The summed E-state index contributed by atoms with van der Waals surface area (Å²) in [6, 6.07) is 0.745. The van der Waals surface area contributed by atoms with E-state index in [1.54, 1.807) is 0 Å². The molecule has 0 amide bonds. The molecule has 1 N–H and O–H groups in total. The van der Waals surface area contributed by atoms with Crippen LogP contribution < -0.4 is 5.32 Å². The molecular formula is C13H21N3S. The van der Waals surface area contributed by atoms with Gasteiger partial charge in [0.25, 0.3) is 0 Å². The van der Waals surface area contributed by atoms with Crippen LogP contribution in [0.15, 0.2) is 6.20 Å². The maximum atomic E-state index is 4.52. The van der Waals surface area contributed by atoms with Crippen molar-refractivity contribution in [2.24, 2.45) is 5.92 Å². The molecule has 0 aromatic carbocycles. The van der Waals surface area contributed by atoms with E-state index in [2.05, 4.69) is 22.1 Å². The van der Waals surface area contributed by atoms with Gasteiger partial charge in [-0.1, -0.05) is 6.92 Å². The Kier molecular flexibility index (Phi) is 3.45. The second-order valence-corrected chi connectivity index (χ2v) is 6.41. The van der Waals surface area contributed by atoms with Gasteiger partial charge in [0.05, 0.1) is 6.54 Å². The van der Waals surface area contributed by atoms with Crippen LogP contribution in [-0.4, -0.2) is 35.6 Å². The Bertz CT molecular complexity index is 372. The summed E-state index contributed by atoms with van der Waals surface area (Å²) in [6.45, 7) is 6.78. The van der Waals surface area contributed by atoms with E-state index in [1.165, 1.54) is 35.8 Å². The van der Waals surface area contributed by atoms with E-state index in [0.29, 0.717) is 0 Å². The maximum absolute atomic E-state index is 4.52. The molecule has 2 heterocycles. The number of hydrogen-bond donors (Lipinski definition) is 1. The summed E-state index contributed by atoms with van der Waals surface area (Å²) < 4.78 is 0. The van der Waals surface area contributed by atoms with Crippen LogP contribution in [0.25, 0.3) is 0 Å². The van der Waals surface area contributed by atoms with Crippen LogP contribution in [-0.2, 0) is 13.0 Å². The van der Waals surface area contributed by atoms with Gasteiger partial charge in [0.1, 0.15) is 5.01 Å². The van der Waals surface area contributed by atoms with Gasteiger partial charge in [-0.3, -0.25) is 4.90 Å². The van der Waals surface area contributed by atoms with Gasteiger partial charge in [-0.15, -0.1) is 11.3 Å². The van der Waals surface area contributed by atoms with Gasteiger partial charge in [0.2, 0.25) is 0 Å². The van der Waals surface area contributed by atoms with Crippen molar-refractivity contribution < 1.29 is 0 Å². The first-order chi connectivity index (χ1) is 8.35. The predicted molar refractivity (Wildman–Crippen MR) is 71.3 cm³/mol. The van der Waals surface area contributed by atoms with Crippen molar-refractivity contribution >= 4 is 11.3 Å². The second-order valence-electron chi connectivity index (χ2n) is 5.21. The van der Waals surface area contributed by atoms with Crippen LogP contribution in [0.5, 0.6) is 0 Å². The van der Waals surface area contributed by atoms with E-state index in [4.69, 9.17) is 0 Å². The largest absolute Gasteiger partial charge is 0.311 e. The summed E-state index contributed by atoms with van der Waals surface area (Å²) in [5, 5.41) is 4.94. The first-order valence-electron chi connectivity index (χ1n) is 6.74. The number of thiazole rings is 1. The molecule has 1 aromatic rings. The molecule has 3 rings (SSSR count). The Hall–Kier alpha value is -0.450. The predicted octanol–water partition coefficient (Wildman–Crippen LogP) is 1.89. The smallest absolute Gasteiger partial charge is 0.107 e. The molecular weight excluding hydrogens is 230 g/mol. The van der Waals surface area contributed by atoms with Gasteiger partial charge in [0, 0.05) is 36.8 Å². The Labute approximate surface area is 107 Å². The highest BCUT2D eigenvalue weighted by molar-refractivity contribution is 7.11. The molecule has 1 saturated carbocycles. The standard InChI is InChI=1S/C13H21N3S/c1-2-11-7-15-13(17-11)9-16-6-5-14-12(8-16)10-3-4-10/h7,10,12,14H,2-6,8-9H2,1H3. The van der Waals surface area contributed by atoms with Crippen molar-refractivity contribution in [3.8, 4) is 0 Å². The number of piperazine rings is 1. The Morgan fingerprint density at radius 3 is 3.12 bits per heavy atom. The van der Waals surface area contributed by atoms with Crippen molar-refractivity contribution in [2.45, 2.75) is 38.8 Å². The molecule has 1 aliphatic carbocycles. The maximum Gasteiger partial charge on any atom is 0.107 e. The third-order valence-electron chi connectivity index (χ3n) is 3.79. The summed E-state index contributed by atoms with van der Waals surface area (Å²) in [6.07, 6.45) is 6.02. The zero-order valence-electron chi connectivity index (χ0n) is 10.5. The molecule has 3 nitrogen and oxygen atoms in total. The summed E-state index contributed by atoms with van der Waals surface area (Å²) in [5.74, 6) is 0.959. The van der Waals surface area contributed by atoms with Crippen LogP contribution in [0.2, 0.25) is 0 Å². The lowest BCUT2D eigenvalue weighted by Crippen LogP contribution is -2.51. The van der Waals surface area contributed by atoms with Crippen LogP contribution in [0, 0.1) is 5.92 Å². The average molecular weight is 251 g/mol. The van der Waals surface area contributed by atoms with Crippen molar-refractivity contribution in [1.29, 1.82) is 0 Å². The van der Waals surface area contributed by atoms with Crippen molar-refractivity contribution in [1.82, 2.24) is 15.2 Å². The normalized spacial score (nSPS) is 26.3. The first-order valence-corrected chi connectivity index (χ1v) is 7.56. The molecule has 94 valence electrons. The molecule has 4 heteroatoms. The number of nitrogens with one attached hydrogen (secondary N) is 1. The van der Waals surface area contributed by atoms with Crippen LogP contribution in [0.3, 0.4) is 0 Å². The van der Waals surface area contributed by atoms with Gasteiger partial charge in [-0.05, 0) is 25.2 Å². The highest BCUT2D eigenvalue weighted by Crippen LogP contribution is 2.33. The van der Waals surface area contributed by atoms with E-state index in [-0.39, 0.29) is 0 Å².